The Bertz CT molecular complexity index is 3380. The molecule has 0 bridgehead atoms. The van der Waals surface area contributed by atoms with Crippen molar-refractivity contribution in [2.75, 3.05) is 0 Å². The van der Waals surface area contributed by atoms with Gasteiger partial charge in [0, 0.05) is 60.9 Å². The van der Waals surface area contributed by atoms with Crippen molar-refractivity contribution < 1.29 is 8.83 Å². The number of fused-ring (bicyclic) bond motifs is 9. The summed E-state index contributed by atoms with van der Waals surface area (Å²) in [6.45, 7) is 0. The number of hydrogen-bond acceptors (Lipinski definition) is 3. The second-order valence-corrected chi connectivity index (χ2v) is 15.0. The maximum Gasteiger partial charge on any atom is 0.136 e. The van der Waals surface area contributed by atoms with E-state index in [1.54, 1.807) is 0 Å². The number of furan rings is 2. The molecular weight excluding hydrogens is 697 g/mol. The molecule has 4 aromatic heterocycles. The number of hydrogen-bond donors (Lipinski definition) is 0. The van der Waals surface area contributed by atoms with E-state index in [4.69, 9.17) is 13.8 Å². The van der Waals surface area contributed by atoms with Crippen LogP contribution < -0.4 is 0 Å². The first kappa shape index (κ1) is 31.9. The summed E-state index contributed by atoms with van der Waals surface area (Å²) in [6, 6.07) is 62.5. The van der Waals surface area contributed by atoms with E-state index in [9.17, 15) is 0 Å². The molecule has 1 atom stereocenters. The molecule has 4 heteroatoms. The lowest BCUT2D eigenvalue weighted by Gasteiger charge is -2.20. The smallest absolute Gasteiger partial charge is 0.136 e. The predicted octanol–water partition coefficient (Wildman–Crippen LogP) is 14.4. The minimum absolute atomic E-state index is 0.00888. The van der Waals surface area contributed by atoms with Crippen LogP contribution in [0.2, 0.25) is 0 Å². The largest absolute Gasteiger partial charge is 0.456 e. The van der Waals surface area contributed by atoms with Gasteiger partial charge in [0.15, 0.2) is 0 Å². The summed E-state index contributed by atoms with van der Waals surface area (Å²) in [6.07, 6.45) is 5.18. The first-order valence-electron chi connectivity index (χ1n) is 19.6. The van der Waals surface area contributed by atoms with Crippen molar-refractivity contribution in [3.63, 3.8) is 0 Å². The number of para-hydroxylation sites is 4. The van der Waals surface area contributed by atoms with Gasteiger partial charge in [0.05, 0.1) is 16.7 Å². The van der Waals surface area contributed by atoms with Gasteiger partial charge in [0.2, 0.25) is 0 Å². The Morgan fingerprint density at radius 2 is 1.23 bits per heavy atom. The predicted molar refractivity (Wildman–Crippen MR) is 234 cm³/mol. The molecule has 1 aliphatic carbocycles. The number of allylic oxidation sites excluding steroid dienone is 1. The van der Waals surface area contributed by atoms with E-state index in [1.165, 1.54) is 32.9 Å². The van der Waals surface area contributed by atoms with Crippen molar-refractivity contribution in [1.82, 2.24) is 9.55 Å². The van der Waals surface area contributed by atoms with E-state index in [1.807, 2.05) is 12.1 Å². The van der Waals surface area contributed by atoms with E-state index >= 15 is 0 Å². The summed E-state index contributed by atoms with van der Waals surface area (Å²) < 4.78 is 15.4. The minimum atomic E-state index is -0.00888. The molecule has 0 aliphatic heterocycles. The van der Waals surface area contributed by atoms with Gasteiger partial charge >= 0.3 is 0 Å². The Morgan fingerprint density at radius 1 is 0.491 bits per heavy atom. The van der Waals surface area contributed by atoms with Gasteiger partial charge in [-0.15, -0.1) is 0 Å². The molecule has 12 rings (SSSR count). The Hall–Kier alpha value is -7.43. The summed E-state index contributed by atoms with van der Waals surface area (Å²) >= 11 is 0. The fourth-order valence-corrected chi connectivity index (χ4v) is 9.14. The highest BCUT2D eigenvalue weighted by Crippen LogP contribution is 2.45. The van der Waals surface area contributed by atoms with Crippen molar-refractivity contribution in [2.45, 2.75) is 12.3 Å². The van der Waals surface area contributed by atoms with Crippen LogP contribution in [0.5, 0.6) is 0 Å². The Balaban J connectivity index is 1.04. The van der Waals surface area contributed by atoms with Crippen LogP contribution in [0.15, 0.2) is 191 Å². The molecule has 0 saturated heterocycles. The topological polar surface area (TPSA) is 44.1 Å². The van der Waals surface area contributed by atoms with Gasteiger partial charge in [-0.05, 0) is 89.9 Å². The minimum Gasteiger partial charge on any atom is -0.456 e. The van der Waals surface area contributed by atoms with Crippen molar-refractivity contribution in [2.24, 2.45) is 0 Å². The molecule has 1 aliphatic rings. The normalized spacial score (nSPS) is 14.0. The van der Waals surface area contributed by atoms with Gasteiger partial charge in [-0.25, -0.2) is 0 Å². The second kappa shape index (κ2) is 12.6. The van der Waals surface area contributed by atoms with E-state index in [2.05, 4.69) is 181 Å². The second-order valence-electron chi connectivity index (χ2n) is 15.0. The number of benzene rings is 7. The van der Waals surface area contributed by atoms with Gasteiger partial charge < -0.3 is 13.4 Å². The van der Waals surface area contributed by atoms with Crippen LogP contribution in [0.1, 0.15) is 29.4 Å². The lowest BCUT2D eigenvalue weighted by atomic mass is 9.84. The van der Waals surface area contributed by atoms with Gasteiger partial charge in [-0.1, -0.05) is 121 Å². The molecule has 0 N–H and O–H groups in total. The highest BCUT2D eigenvalue weighted by Gasteiger charge is 2.28. The van der Waals surface area contributed by atoms with Gasteiger partial charge in [0.25, 0.3) is 0 Å². The highest BCUT2D eigenvalue weighted by molar-refractivity contribution is 6.14. The molecule has 0 spiro atoms. The molecular formula is C53H34N2O2. The zero-order valence-electron chi connectivity index (χ0n) is 30.9. The maximum absolute atomic E-state index is 6.64. The molecule has 0 amide bonds. The van der Waals surface area contributed by atoms with E-state index in [0.29, 0.717) is 0 Å². The molecule has 4 nitrogen and oxygen atoms in total. The van der Waals surface area contributed by atoms with Crippen LogP contribution in [-0.4, -0.2) is 9.55 Å². The third-order valence-electron chi connectivity index (χ3n) is 11.7. The third-order valence-corrected chi connectivity index (χ3v) is 11.7. The quantitative estimate of drug-likeness (QED) is 0.177. The third kappa shape index (κ3) is 5.04. The van der Waals surface area contributed by atoms with Crippen LogP contribution in [0, 0.1) is 0 Å². The molecule has 0 fully saturated rings. The summed E-state index contributed by atoms with van der Waals surface area (Å²) in [5, 5.41) is 5.84. The van der Waals surface area contributed by atoms with Crippen LogP contribution in [0.4, 0.5) is 0 Å². The zero-order chi connectivity index (χ0) is 37.5. The van der Waals surface area contributed by atoms with Crippen molar-refractivity contribution in [1.29, 1.82) is 0 Å². The van der Waals surface area contributed by atoms with Crippen LogP contribution in [0.3, 0.4) is 0 Å². The first-order valence-corrected chi connectivity index (χ1v) is 19.6. The molecule has 268 valence electrons. The molecule has 57 heavy (non-hydrogen) atoms. The maximum atomic E-state index is 6.64. The summed E-state index contributed by atoms with van der Waals surface area (Å²) in [5.41, 5.74) is 14.9. The van der Waals surface area contributed by atoms with Crippen molar-refractivity contribution in [3.05, 3.63) is 199 Å². The number of nitrogens with zero attached hydrogens (tertiary/aromatic N) is 2. The monoisotopic (exact) mass is 730 g/mol. The van der Waals surface area contributed by atoms with Gasteiger partial charge in [0.1, 0.15) is 22.5 Å². The fourth-order valence-electron chi connectivity index (χ4n) is 9.14. The number of aromatic nitrogens is 2. The Morgan fingerprint density at radius 3 is 2.12 bits per heavy atom. The van der Waals surface area contributed by atoms with Gasteiger partial charge in [-0.2, -0.15) is 0 Å². The summed E-state index contributed by atoms with van der Waals surface area (Å²) in [5.74, 6) is 0.887. The molecule has 0 saturated carbocycles. The molecule has 1 unspecified atom stereocenters. The number of rotatable bonds is 5. The standard InChI is InChI=1S/C53H34N2O2/c1-3-13-33(14-4-1)45-30-36(34-25-27-41-40-18-8-10-23-48(40)57-51(41)32-34)31-46(54-45)43-21-12-24-50-52(43)44-29-35(26-28-49(44)56-50)38-19-11-20-42-39-17-7-9-22-47(39)55(53(38)42)37-15-5-2-6-16-37/h1-20,22-32,43H,21H2. The average Bonchev–Trinajstić information content (AvgIpc) is 3.96. The van der Waals surface area contributed by atoms with Crippen molar-refractivity contribution >= 4 is 60.8 Å². The molecule has 11 aromatic rings. The molecule has 7 aromatic carbocycles. The van der Waals surface area contributed by atoms with E-state index in [-0.39, 0.29) is 5.92 Å². The lowest BCUT2D eigenvalue weighted by Crippen LogP contribution is -2.07. The highest BCUT2D eigenvalue weighted by atomic mass is 16.3. The van der Waals surface area contributed by atoms with Crippen LogP contribution in [-0.2, 0) is 0 Å². The zero-order valence-corrected chi connectivity index (χ0v) is 30.9. The molecule has 4 heterocycles. The van der Waals surface area contributed by atoms with Crippen LogP contribution >= 0.6 is 0 Å². The SMILES string of the molecule is C1=Cc2oc3ccc(-c4cccc5c6ccccc6n(-c6ccccc6)c45)cc3c2C(c2cc(-c3ccc4c(c3)oc3ccccc34)cc(-c3ccccc3)n2)C1. The fraction of sp³-hybridized carbons (Fsp3) is 0.0377. The van der Waals surface area contributed by atoms with Gasteiger partial charge in [-0.3, -0.25) is 4.98 Å². The first-order chi connectivity index (χ1) is 28.2. The summed E-state index contributed by atoms with van der Waals surface area (Å²) in [4.78, 5) is 5.42. The Kier molecular flexibility index (Phi) is 7.02. The average molecular weight is 731 g/mol. The number of pyridine rings is 1. The lowest BCUT2D eigenvalue weighted by molar-refractivity contribution is 0.588. The Labute approximate surface area is 328 Å². The molecule has 0 radical (unpaired) electrons. The van der Waals surface area contributed by atoms with Crippen LogP contribution in [0.25, 0.3) is 100.0 Å². The van der Waals surface area contributed by atoms with E-state index < -0.39 is 0 Å². The van der Waals surface area contributed by atoms with E-state index in [0.717, 1.165) is 84.4 Å². The summed E-state index contributed by atoms with van der Waals surface area (Å²) in [7, 11) is 0. The van der Waals surface area contributed by atoms with Crippen molar-refractivity contribution in [3.8, 4) is 39.2 Å².